The maximum absolute atomic E-state index is 12.2. The number of carbonyl (C=O) groups is 1. The van der Waals surface area contributed by atoms with Gasteiger partial charge in [0.1, 0.15) is 5.25 Å². The van der Waals surface area contributed by atoms with Crippen molar-refractivity contribution in [3.05, 3.63) is 66.0 Å². The summed E-state index contributed by atoms with van der Waals surface area (Å²) in [5.41, 5.74) is 1.23. The fourth-order valence-electron chi connectivity index (χ4n) is 2.36. The van der Waals surface area contributed by atoms with E-state index in [0.717, 1.165) is 0 Å². The lowest BCUT2D eigenvalue weighted by Gasteiger charge is -2.38. The first-order chi connectivity index (χ1) is 11.1. The minimum Gasteiger partial charge on any atom is -0.336 e. The van der Waals surface area contributed by atoms with E-state index in [4.69, 9.17) is 0 Å². The second-order valence-electron chi connectivity index (χ2n) is 5.39. The van der Waals surface area contributed by atoms with Gasteiger partial charge in [0.25, 0.3) is 5.91 Å². The molecule has 0 aliphatic carbocycles. The second kappa shape index (κ2) is 6.47. The van der Waals surface area contributed by atoms with Crippen molar-refractivity contribution in [1.29, 1.82) is 0 Å². The lowest BCUT2D eigenvalue weighted by molar-refractivity contribution is 0.0658. The molecule has 0 bridgehead atoms. The van der Waals surface area contributed by atoms with Gasteiger partial charge < -0.3 is 4.90 Å². The molecule has 0 saturated carbocycles. The molecule has 1 N–H and O–H groups in total. The number of hydrogen-bond acceptors (Lipinski definition) is 4. The van der Waals surface area contributed by atoms with E-state index in [1.165, 1.54) is 0 Å². The maximum Gasteiger partial charge on any atom is 0.253 e. The van der Waals surface area contributed by atoms with Gasteiger partial charge in [-0.1, -0.05) is 24.3 Å². The third-order valence-electron chi connectivity index (χ3n) is 3.78. The van der Waals surface area contributed by atoms with Crippen molar-refractivity contribution in [2.45, 2.75) is 11.8 Å². The first kappa shape index (κ1) is 15.6. The molecule has 1 aromatic carbocycles. The van der Waals surface area contributed by atoms with Crippen LogP contribution in [0.25, 0.3) is 0 Å². The van der Waals surface area contributed by atoms with Crippen LogP contribution in [0.1, 0.15) is 16.1 Å². The van der Waals surface area contributed by atoms with Gasteiger partial charge in [-0.05, 0) is 24.3 Å². The highest BCUT2D eigenvalue weighted by atomic mass is 32.2. The molecule has 7 heteroatoms. The lowest BCUT2D eigenvalue weighted by Crippen LogP contribution is -2.59. The van der Waals surface area contributed by atoms with Gasteiger partial charge >= 0.3 is 0 Å². The highest BCUT2D eigenvalue weighted by Crippen LogP contribution is 2.18. The Balaban J connectivity index is 1.55. The van der Waals surface area contributed by atoms with Crippen molar-refractivity contribution in [1.82, 2.24) is 14.6 Å². The summed E-state index contributed by atoms with van der Waals surface area (Å²) in [7, 11) is -3.45. The van der Waals surface area contributed by atoms with Crippen LogP contribution in [0.15, 0.2) is 54.7 Å². The third-order valence-corrected chi connectivity index (χ3v) is 5.50. The molecule has 0 atom stereocenters. The lowest BCUT2D eigenvalue weighted by atomic mass is 10.1. The van der Waals surface area contributed by atoms with Crippen LogP contribution < -0.4 is 4.72 Å². The number of likely N-dealkylation sites (tertiary alicyclic amines) is 1. The Bertz CT molecular complexity index is 773. The molecule has 1 aliphatic rings. The zero-order valence-corrected chi connectivity index (χ0v) is 13.2. The van der Waals surface area contributed by atoms with Crippen LogP contribution in [-0.4, -0.2) is 42.5 Å². The first-order valence-corrected chi connectivity index (χ1v) is 8.83. The summed E-state index contributed by atoms with van der Waals surface area (Å²) in [6, 6.07) is 14.2. The molecule has 2 heterocycles. The Morgan fingerprint density at radius 3 is 2.48 bits per heavy atom. The fourth-order valence-corrected chi connectivity index (χ4v) is 3.70. The molecule has 1 saturated heterocycles. The average Bonchev–Trinajstić information content (AvgIpc) is 2.53. The molecular formula is C16H17N3O3S. The van der Waals surface area contributed by atoms with E-state index in [1.807, 2.05) is 6.07 Å². The number of benzene rings is 1. The van der Waals surface area contributed by atoms with E-state index in [9.17, 15) is 13.2 Å². The van der Waals surface area contributed by atoms with Crippen LogP contribution in [-0.2, 0) is 16.6 Å². The van der Waals surface area contributed by atoms with Crippen molar-refractivity contribution >= 4 is 15.9 Å². The number of nitrogens with zero attached hydrogens (tertiary/aromatic N) is 2. The minimum absolute atomic E-state index is 0.137. The van der Waals surface area contributed by atoms with Crippen molar-refractivity contribution in [2.24, 2.45) is 0 Å². The van der Waals surface area contributed by atoms with Crippen LogP contribution in [0.3, 0.4) is 0 Å². The van der Waals surface area contributed by atoms with Gasteiger partial charge in [0.05, 0.1) is 12.2 Å². The molecule has 1 amide bonds. The molecule has 6 nitrogen and oxygen atoms in total. The smallest absolute Gasteiger partial charge is 0.253 e. The predicted octanol–water partition coefficient (Wildman–Crippen LogP) is 1.03. The summed E-state index contributed by atoms with van der Waals surface area (Å²) in [4.78, 5) is 17.8. The van der Waals surface area contributed by atoms with Gasteiger partial charge in [0.2, 0.25) is 10.0 Å². The van der Waals surface area contributed by atoms with Gasteiger partial charge in [0, 0.05) is 24.8 Å². The molecule has 1 fully saturated rings. The number of rotatable bonds is 5. The molecule has 0 unspecified atom stereocenters. The fraction of sp³-hybridized carbons (Fsp3) is 0.250. The molecule has 1 aromatic heterocycles. The van der Waals surface area contributed by atoms with Crippen LogP contribution in [0.2, 0.25) is 0 Å². The van der Waals surface area contributed by atoms with Crippen LogP contribution in [0.5, 0.6) is 0 Å². The van der Waals surface area contributed by atoms with Crippen LogP contribution >= 0.6 is 0 Å². The summed E-state index contributed by atoms with van der Waals surface area (Å²) < 4.78 is 27.0. The summed E-state index contributed by atoms with van der Waals surface area (Å²) >= 11 is 0. The second-order valence-corrected chi connectivity index (χ2v) is 7.43. The highest BCUT2D eigenvalue weighted by Gasteiger charge is 2.39. The molecular weight excluding hydrogens is 314 g/mol. The number of hydrogen-bond donors (Lipinski definition) is 1. The Hall–Kier alpha value is -2.25. The van der Waals surface area contributed by atoms with Crippen molar-refractivity contribution in [3.8, 4) is 0 Å². The summed E-state index contributed by atoms with van der Waals surface area (Å²) in [6.45, 7) is 0.586. The van der Waals surface area contributed by atoms with Crippen molar-refractivity contribution in [3.63, 3.8) is 0 Å². The van der Waals surface area contributed by atoms with Crippen molar-refractivity contribution in [2.75, 3.05) is 13.1 Å². The van der Waals surface area contributed by atoms with E-state index < -0.39 is 15.3 Å². The summed E-state index contributed by atoms with van der Waals surface area (Å²) in [5, 5.41) is -0.570. The number of aromatic nitrogens is 1. The van der Waals surface area contributed by atoms with E-state index >= 15 is 0 Å². The third kappa shape index (κ3) is 3.57. The Kier molecular flexibility index (Phi) is 4.40. The van der Waals surface area contributed by atoms with E-state index in [2.05, 4.69) is 9.71 Å². The van der Waals surface area contributed by atoms with E-state index in [1.54, 1.807) is 53.6 Å². The minimum atomic E-state index is -3.45. The Labute approximate surface area is 135 Å². The summed E-state index contributed by atoms with van der Waals surface area (Å²) in [6.07, 6.45) is 1.62. The number of sulfonamides is 1. The van der Waals surface area contributed by atoms with Gasteiger partial charge in [-0.2, -0.15) is 0 Å². The standard InChI is InChI=1S/C16H17N3O3S/c20-16(13-6-2-1-3-7-13)19-11-15(12-19)23(21,22)18-10-14-8-4-5-9-17-14/h1-9,15,18H,10-12H2. The number of carbonyl (C=O) groups excluding carboxylic acids is 1. The molecule has 2 aromatic rings. The van der Waals surface area contributed by atoms with Gasteiger partial charge in [0.15, 0.2) is 0 Å². The molecule has 1 aliphatic heterocycles. The zero-order valence-electron chi connectivity index (χ0n) is 12.4. The number of pyridine rings is 1. The molecule has 0 radical (unpaired) electrons. The number of nitrogens with one attached hydrogen (secondary N) is 1. The van der Waals surface area contributed by atoms with Crippen molar-refractivity contribution < 1.29 is 13.2 Å². The van der Waals surface area contributed by atoms with Gasteiger partial charge in [-0.15, -0.1) is 0 Å². The monoisotopic (exact) mass is 331 g/mol. The maximum atomic E-state index is 12.2. The summed E-state index contributed by atoms with van der Waals surface area (Å²) in [5.74, 6) is -0.137. The molecule has 3 rings (SSSR count). The highest BCUT2D eigenvalue weighted by molar-refractivity contribution is 7.90. The zero-order chi connectivity index (χ0) is 16.3. The normalized spacial score (nSPS) is 15.2. The largest absolute Gasteiger partial charge is 0.336 e. The van der Waals surface area contributed by atoms with E-state index in [-0.39, 0.29) is 25.5 Å². The molecule has 120 valence electrons. The Morgan fingerprint density at radius 1 is 1.13 bits per heavy atom. The predicted molar refractivity (Wildman–Crippen MR) is 86.1 cm³/mol. The quantitative estimate of drug-likeness (QED) is 0.887. The topological polar surface area (TPSA) is 79.4 Å². The molecule has 0 spiro atoms. The van der Waals surface area contributed by atoms with E-state index in [0.29, 0.717) is 11.3 Å². The number of amides is 1. The Morgan fingerprint density at radius 2 is 1.83 bits per heavy atom. The van der Waals surface area contributed by atoms with Crippen LogP contribution in [0, 0.1) is 0 Å². The van der Waals surface area contributed by atoms with Gasteiger partial charge in [-0.25, -0.2) is 13.1 Å². The van der Waals surface area contributed by atoms with Crippen LogP contribution in [0.4, 0.5) is 0 Å². The SMILES string of the molecule is O=C(c1ccccc1)N1CC(S(=O)(=O)NCc2ccccn2)C1. The van der Waals surface area contributed by atoms with Gasteiger partial charge in [-0.3, -0.25) is 9.78 Å². The molecule has 23 heavy (non-hydrogen) atoms. The average molecular weight is 331 g/mol. The first-order valence-electron chi connectivity index (χ1n) is 7.29.